The molecule has 1 saturated heterocycles. The Hall–Kier alpha value is -1.26. The Morgan fingerprint density at radius 2 is 1.95 bits per heavy atom. The maximum atomic E-state index is 12.2. The van der Waals surface area contributed by atoms with Crippen LogP contribution in [-0.2, 0) is 4.79 Å². The number of carbonyl (C=O) groups is 2. The zero-order valence-corrected chi connectivity index (χ0v) is 12.5. The van der Waals surface area contributed by atoms with Gasteiger partial charge in [-0.05, 0) is 50.4 Å². The number of rotatable bonds is 5. The summed E-state index contributed by atoms with van der Waals surface area (Å²) in [4.78, 5) is 24.9. The van der Waals surface area contributed by atoms with Crippen molar-refractivity contribution in [1.82, 2.24) is 10.2 Å². The van der Waals surface area contributed by atoms with E-state index >= 15 is 0 Å². The van der Waals surface area contributed by atoms with Gasteiger partial charge in [-0.2, -0.15) is 0 Å². The van der Waals surface area contributed by atoms with Crippen molar-refractivity contribution in [2.24, 2.45) is 17.8 Å². The van der Waals surface area contributed by atoms with Crippen molar-refractivity contribution in [2.45, 2.75) is 52.0 Å². The molecule has 5 nitrogen and oxygen atoms in total. The van der Waals surface area contributed by atoms with Gasteiger partial charge in [0.25, 0.3) is 0 Å². The zero-order chi connectivity index (χ0) is 14.7. The largest absolute Gasteiger partial charge is 0.481 e. The quantitative estimate of drug-likeness (QED) is 0.813. The Labute approximate surface area is 120 Å². The molecular weight excluding hydrogens is 256 g/mol. The Morgan fingerprint density at radius 3 is 2.55 bits per heavy atom. The fourth-order valence-electron chi connectivity index (χ4n) is 3.10. The number of urea groups is 1. The van der Waals surface area contributed by atoms with Crippen LogP contribution in [0.4, 0.5) is 4.79 Å². The molecule has 1 aliphatic heterocycles. The summed E-state index contributed by atoms with van der Waals surface area (Å²) in [7, 11) is 0. The van der Waals surface area contributed by atoms with E-state index in [2.05, 4.69) is 12.2 Å². The Kier molecular flexibility index (Phi) is 4.89. The van der Waals surface area contributed by atoms with Gasteiger partial charge >= 0.3 is 12.0 Å². The van der Waals surface area contributed by atoms with Crippen molar-refractivity contribution in [3.8, 4) is 0 Å². The molecule has 0 aromatic carbocycles. The number of nitrogens with one attached hydrogen (secondary N) is 1. The second kappa shape index (κ2) is 6.46. The first-order chi connectivity index (χ1) is 9.47. The Bertz CT molecular complexity index is 368. The number of nitrogens with zero attached hydrogens (tertiary/aromatic N) is 1. The number of likely N-dealkylation sites (tertiary alicyclic amines) is 1. The maximum Gasteiger partial charge on any atom is 0.317 e. The molecule has 3 atom stereocenters. The summed E-state index contributed by atoms with van der Waals surface area (Å²) in [5, 5.41) is 12.0. The van der Waals surface area contributed by atoms with Gasteiger partial charge in [0.05, 0.1) is 0 Å². The smallest absolute Gasteiger partial charge is 0.317 e. The molecule has 0 spiro atoms. The molecule has 2 aliphatic rings. The van der Waals surface area contributed by atoms with E-state index in [1.165, 1.54) is 12.8 Å². The lowest BCUT2D eigenvalue weighted by atomic mass is 9.85. The first kappa shape index (κ1) is 15.1. The summed E-state index contributed by atoms with van der Waals surface area (Å²) in [6.45, 7) is 5.54. The van der Waals surface area contributed by atoms with Crippen LogP contribution in [0.3, 0.4) is 0 Å². The molecular formula is C15H26N2O3. The summed E-state index contributed by atoms with van der Waals surface area (Å²) in [5.74, 6) is 0.345. The summed E-state index contributed by atoms with van der Waals surface area (Å²) < 4.78 is 0. The molecule has 2 amide bonds. The van der Waals surface area contributed by atoms with E-state index in [4.69, 9.17) is 5.11 Å². The van der Waals surface area contributed by atoms with Crippen molar-refractivity contribution in [2.75, 3.05) is 13.1 Å². The number of hydrogen-bond acceptors (Lipinski definition) is 2. The number of carbonyl (C=O) groups excluding carboxylic acids is 1. The lowest BCUT2D eigenvalue weighted by Gasteiger charge is -2.36. The van der Waals surface area contributed by atoms with Crippen LogP contribution in [0.1, 0.15) is 46.0 Å². The van der Waals surface area contributed by atoms with Crippen LogP contribution in [0.25, 0.3) is 0 Å². The van der Waals surface area contributed by atoms with Gasteiger partial charge in [-0.25, -0.2) is 4.79 Å². The number of aliphatic carboxylic acids is 1. The van der Waals surface area contributed by atoms with Gasteiger partial charge in [0.2, 0.25) is 0 Å². The third kappa shape index (κ3) is 4.12. The highest BCUT2D eigenvalue weighted by Gasteiger charge is 2.32. The summed E-state index contributed by atoms with van der Waals surface area (Å²) >= 11 is 0. The SMILES string of the molecule is CC(CC(=O)O)C1CCCN(C(=O)NC(C)C2CC2)C1. The van der Waals surface area contributed by atoms with Gasteiger partial charge in [-0.1, -0.05) is 6.92 Å². The Balaban J connectivity index is 1.82. The van der Waals surface area contributed by atoms with Crippen LogP contribution in [0, 0.1) is 17.8 Å². The van der Waals surface area contributed by atoms with E-state index in [-0.39, 0.29) is 24.4 Å². The van der Waals surface area contributed by atoms with Gasteiger partial charge < -0.3 is 15.3 Å². The van der Waals surface area contributed by atoms with Crippen LogP contribution in [0.5, 0.6) is 0 Å². The number of hydrogen-bond donors (Lipinski definition) is 2. The number of carboxylic acids is 1. The molecule has 2 rings (SSSR count). The van der Waals surface area contributed by atoms with E-state index in [1.807, 2.05) is 11.8 Å². The van der Waals surface area contributed by atoms with Crippen LogP contribution >= 0.6 is 0 Å². The number of piperidine rings is 1. The van der Waals surface area contributed by atoms with Crippen LogP contribution in [-0.4, -0.2) is 41.1 Å². The summed E-state index contributed by atoms with van der Waals surface area (Å²) in [6.07, 6.45) is 4.63. The maximum absolute atomic E-state index is 12.2. The van der Waals surface area contributed by atoms with Crippen molar-refractivity contribution in [3.05, 3.63) is 0 Å². The van der Waals surface area contributed by atoms with E-state index in [1.54, 1.807) is 0 Å². The standard InChI is InChI=1S/C15H26N2O3/c1-10(8-14(18)19)13-4-3-7-17(9-13)15(20)16-11(2)12-5-6-12/h10-13H,3-9H2,1-2H3,(H,16,20)(H,18,19). The van der Waals surface area contributed by atoms with Crippen LogP contribution in [0.15, 0.2) is 0 Å². The molecule has 5 heteroatoms. The van der Waals surface area contributed by atoms with Crippen molar-refractivity contribution in [1.29, 1.82) is 0 Å². The van der Waals surface area contributed by atoms with E-state index in [0.29, 0.717) is 18.4 Å². The van der Waals surface area contributed by atoms with Crippen LogP contribution in [0.2, 0.25) is 0 Å². The number of carboxylic acid groups (broad SMARTS) is 1. The van der Waals surface area contributed by atoms with Crippen molar-refractivity contribution >= 4 is 12.0 Å². The van der Waals surface area contributed by atoms with E-state index in [9.17, 15) is 9.59 Å². The molecule has 0 aromatic heterocycles. The fourth-order valence-corrected chi connectivity index (χ4v) is 3.10. The molecule has 0 aromatic rings. The fraction of sp³-hybridized carbons (Fsp3) is 0.867. The molecule has 114 valence electrons. The summed E-state index contributed by atoms with van der Waals surface area (Å²) in [6, 6.07) is 0.288. The van der Waals surface area contributed by atoms with Crippen molar-refractivity contribution < 1.29 is 14.7 Å². The predicted octanol–water partition coefficient (Wildman–Crippen LogP) is 2.32. The lowest BCUT2D eigenvalue weighted by Crippen LogP contribution is -2.49. The highest BCUT2D eigenvalue weighted by molar-refractivity contribution is 5.74. The number of amides is 2. The Morgan fingerprint density at radius 1 is 1.25 bits per heavy atom. The second-order valence-electron chi connectivity index (χ2n) is 6.50. The lowest BCUT2D eigenvalue weighted by molar-refractivity contribution is -0.138. The molecule has 20 heavy (non-hydrogen) atoms. The second-order valence-corrected chi connectivity index (χ2v) is 6.50. The predicted molar refractivity (Wildman–Crippen MR) is 76.4 cm³/mol. The molecule has 2 fully saturated rings. The van der Waals surface area contributed by atoms with Gasteiger partial charge in [0, 0.05) is 25.6 Å². The molecule has 2 N–H and O–H groups in total. The average molecular weight is 282 g/mol. The zero-order valence-electron chi connectivity index (χ0n) is 12.5. The normalized spacial score (nSPS) is 25.9. The minimum Gasteiger partial charge on any atom is -0.481 e. The molecule has 3 unspecified atom stereocenters. The average Bonchev–Trinajstić information content (AvgIpc) is 3.22. The van der Waals surface area contributed by atoms with Crippen molar-refractivity contribution in [3.63, 3.8) is 0 Å². The third-order valence-electron chi connectivity index (χ3n) is 4.73. The molecule has 1 aliphatic carbocycles. The van der Waals surface area contributed by atoms with Gasteiger partial charge in [-0.15, -0.1) is 0 Å². The third-order valence-corrected chi connectivity index (χ3v) is 4.73. The topological polar surface area (TPSA) is 69.6 Å². The summed E-state index contributed by atoms with van der Waals surface area (Å²) in [5.41, 5.74) is 0. The van der Waals surface area contributed by atoms with Gasteiger partial charge in [-0.3, -0.25) is 4.79 Å². The molecule has 1 heterocycles. The highest BCUT2D eigenvalue weighted by Crippen LogP contribution is 2.32. The molecule has 0 radical (unpaired) electrons. The van der Waals surface area contributed by atoms with Crippen LogP contribution < -0.4 is 5.32 Å². The van der Waals surface area contributed by atoms with Gasteiger partial charge in [0.15, 0.2) is 0 Å². The van der Waals surface area contributed by atoms with E-state index < -0.39 is 5.97 Å². The molecule has 0 bridgehead atoms. The van der Waals surface area contributed by atoms with E-state index in [0.717, 1.165) is 19.4 Å². The van der Waals surface area contributed by atoms with Gasteiger partial charge in [0.1, 0.15) is 0 Å². The minimum atomic E-state index is -0.749. The monoisotopic (exact) mass is 282 g/mol. The molecule has 1 saturated carbocycles. The first-order valence-corrected chi connectivity index (χ1v) is 7.74. The highest BCUT2D eigenvalue weighted by atomic mass is 16.4. The first-order valence-electron chi connectivity index (χ1n) is 7.74. The minimum absolute atomic E-state index is 0.0247.